The van der Waals surface area contributed by atoms with E-state index in [0.29, 0.717) is 17.7 Å². The van der Waals surface area contributed by atoms with E-state index in [4.69, 9.17) is 17.2 Å². The number of H-pyrrole nitrogens is 1. The molecule has 0 radical (unpaired) electrons. The molecule has 1 amide bonds. The number of hydrogen-bond acceptors (Lipinski definition) is 4. The van der Waals surface area contributed by atoms with Gasteiger partial charge in [-0.1, -0.05) is 30.2 Å². The van der Waals surface area contributed by atoms with Gasteiger partial charge in [0.2, 0.25) is 5.91 Å². The van der Waals surface area contributed by atoms with Crippen LogP contribution in [0.3, 0.4) is 0 Å². The van der Waals surface area contributed by atoms with Crippen molar-refractivity contribution in [1.29, 1.82) is 0 Å². The van der Waals surface area contributed by atoms with Gasteiger partial charge in [-0.05, 0) is 56.2 Å². The van der Waals surface area contributed by atoms with Gasteiger partial charge in [0.15, 0.2) is 10.6 Å². The number of fused-ring (bicyclic) bond motifs is 3. The van der Waals surface area contributed by atoms with Crippen LogP contribution in [-0.2, 0) is 24.3 Å². The summed E-state index contributed by atoms with van der Waals surface area (Å²) in [5.41, 5.74) is 4.98. The lowest BCUT2D eigenvalue weighted by Gasteiger charge is -2.09. The summed E-state index contributed by atoms with van der Waals surface area (Å²) in [4.78, 5) is 17.5. The summed E-state index contributed by atoms with van der Waals surface area (Å²) in [6.07, 6.45) is 4.95. The number of hydrogen-bond donors (Lipinski definition) is 2. The summed E-state index contributed by atoms with van der Waals surface area (Å²) in [5, 5.41) is 10.2. The van der Waals surface area contributed by atoms with Crippen molar-refractivity contribution in [2.75, 3.05) is 5.32 Å². The fraction of sp³-hybridized carbons (Fsp3) is 0.333. The number of imidazole rings is 1. The minimum Gasteiger partial charge on any atom is -0.328 e. The molecule has 0 aliphatic carbocycles. The minimum absolute atomic E-state index is 0.0663. The number of aromatic nitrogens is 5. The first-order valence-corrected chi connectivity index (χ1v) is 11.5. The van der Waals surface area contributed by atoms with Crippen LogP contribution in [0, 0.1) is 11.7 Å². The normalized spacial score (nSPS) is 13.7. The van der Waals surface area contributed by atoms with E-state index in [9.17, 15) is 4.79 Å². The first kappa shape index (κ1) is 20.6. The highest BCUT2D eigenvalue weighted by Crippen LogP contribution is 2.25. The number of nitrogens with zero attached hydrogens (tertiary/aromatic N) is 4. The van der Waals surface area contributed by atoms with E-state index in [1.165, 1.54) is 19.3 Å². The molecule has 1 aliphatic rings. The Bertz CT molecular complexity index is 1350. The number of amides is 1. The van der Waals surface area contributed by atoms with Crippen LogP contribution in [-0.4, -0.2) is 30.2 Å². The van der Waals surface area contributed by atoms with E-state index in [1.807, 2.05) is 41.8 Å². The number of anilines is 1. The fourth-order valence-corrected chi connectivity index (χ4v) is 4.62. The molecule has 0 unspecified atom stereocenters. The zero-order valence-electron chi connectivity index (χ0n) is 18.1. The largest absolute Gasteiger partial charge is 0.328 e. The van der Waals surface area contributed by atoms with Gasteiger partial charge in [0.25, 0.3) is 0 Å². The van der Waals surface area contributed by atoms with Crippen LogP contribution in [0.15, 0.2) is 42.5 Å². The van der Waals surface area contributed by atoms with Gasteiger partial charge >= 0.3 is 0 Å². The van der Waals surface area contributed by atoms with Crippen LogP contribution in [0.1, 0.15) is 37.1 Å². The molecular weight excluding hydrogens is 420 g/mol. The third-order valence-electron chi connectivity index (χ3n) is 5.99. The molecule has 1 aliphatic heterocycles. The monoisotopic (exact) mass is 446 g/mol. The van der Waals surface area contributed by atoms with E-state index in [2.05, 4.69) is 32.2 Å². The molecule has 0 fully saturated rings. The van der Waals surface area contributed by atoms with E-state index in [1.54, 1.807) is 0 Å². The second-order valence-corrected chi connectivity index (χ2v) is 8.75. The second kappa shape index (κ2) is 8.70. The van der Waals surface area contributed by atoms with Crippen LogP contribution in [0.4, 0.5) is 5.69 Å². The van der Waals surface area contributed by atoms with Crippen molar-refractivity contribution in [2.45, 2.75) is 52.1 Å². The summed E-state index contributed by atoms with van der Waals surface area (Å²) >= 11 is 5.40. The third kappa shape index (κ3) is 4.10. The number of nitrogens with one attached hydrogen (secondary N) is 2. The average molecular weight is 447 g/mol. The zero-order valence-corrected chi connectivity index (χ0v) is 18.9. The Hall–Kier alpha value is -3.26. The maximum atomic E-state index is 12.7. The predicted molar refractivity (Wildman–Crippen MR) is 128 cm³/mol. The number of rotatable bonds is 5. The highest BCUT2D eigenvalue weighted by Gasteiger charge is 2.15. The molecule has 4 aromatic rings. The van der Waals surface area contributed by atoms with E-state index >= 15 is 0 Å². The maximum Gasteiger partial charge on any atom is 0.226 e. The summed E-state index contributed by atoms with van der Waals surface area (Å²) < 4.78 is 4.70. The number of aromatic amines is 1. The molecule has 0 saturated carbocycles. The molecule has 0 saturated heterocycles. The molecule has 8 heteroatoms. The quantitative estimate of drug-likeness (QED) is 0.422. The maximum absolute atomic E-state index is 12.7. The van der Waals surface area contributed by atoms with Gasteiger partial charge in [0, 0.05) is 37.2 Å². The van der Waals surface area contributed by atoms with E-state index in [0.717, 1.165) is 52.5 Å². The first-order valence-electron chi connectivity index (χ1n) is 11.1. The van der Waals surface area contributed by atoms with Gasteiger partial charge in [0.05, 0.1) is 11.0 Å². The van der Waals surface area contributed by atoms with Crippen molar-refractivity contribution >= 4 is 34.8 Å². The smallest absolute Gasteiger partial charge is 0.226 e. The standard InChI is InChI=1S/C24H26N6OS/c1-16-6-5-7-17(14-16)23-27-28-24(32)30(23)13-11-22(31)25-18-9-10-20-19(15-18)26-21-8-3-2-4-12-29(20)21/h5-7,9-10,14-15H,2-4,8,11-13H2,1H3,(H,25,31)(H,28,32). The zero-order chi connectivity index (χ0) is 22.1. The molecule has 0 spiro atoms. The molecule has 3 heterocycles. The molecule has 2 aromatic carbocycles. The molecule has 2 N–H and O–H groups in total. The highest BCUT2D eigenvalue weighted by molar-refractivity contribution is 7.71. The Morgan fingerprint density at radius 1 is 1.19 bits per heavy atom. The van der Waals surface area contributed by atoms with Gasteiger partial charge < -0.3 is 9.88 Å². The van der Waals surface area contributed by atoms with Gasteiger partial charge in [-0.2, -0.15) is 5.10 Å². The Morgan fingerprint density at radius 3 is 2.97 bits per heavy atom. The Kier molecular flexibility index (Phi) is 5.61. The topological polar surface area (TPSA) is 80.5 Å². The van der Waals surface area contributed by atoms with Gasteiger partial charge in [-0.3, -0.25) is 14.5 Å². The molecule has 5 rings (SSSR count). The van der Waals surface area contributed by atoms with Crippen molar-refractivity contribution in [1.82, 2.24) is 24.3 Å². The lowest BCUT2D eigenvalue weighted by atomic mass is 10.1. The van der Waals surface area contributed by atoms with Crippen LogP contribution < -0.4 is 5.32 Å². The van der Waals surface area contributed by atoms with Crippen molar-refractivity contribution in [2.24, 2.45) is 0 Å². The average Bonchev–Trinajstić information content (AvgIpc) is 3.22. The summed E-state index contributed by atoms with van der Waals surface area (Å²) in [7, 11) is 0. The summed E-state index contributed by atoms with van der Waals surface area (Å²) in [6.45, 7) is 3.51. The lowest BCUT2D eigenvalue weighted by molar-refractivity contribution is -0.116. The van der Waals surface area contributed by atoms with Crippen LogP contribution >= 0.6 is 12.2 Å². The molecule has 0 atom stereocenters. The number of benzene rings is 2. The second-order valence-electron chi connectivity index (χ2n) is 8.37. The SMILES string of the molecule is Cc1cccc(-c2n[nH]c(=S)n2CCC(=O)Nc2ccc3c(c2)nc2n3CCCCC2)c1. The van der Waals surface area contributed by atoms with Crippen LogP contribution in [0.2, 0.25) is 0 Å². The van der Waals surface area contributed by atoms with Crippen molar-refractivity contribution in [3.05, 3.63) is 58.6 Å². The van der Waals surface area contributed by atoms with Crippen LogP contribution in [0.25, 0.3) is 22.4 Å². The number of aryl methyl sites for hydroxylation is 3. The molecule has 164 valence electrons. The van der Waals surface area contributed by atoms with Crippen molar-refractivity contribution < 1.29 is 4.79 Å². The van der Waals surface area contributed by atoms with Crippen molar-refractivity contribution in [3.63, 3.8) is 0 Å². The van der Waals surface area contributed by atoms with Gasteiger partial charge in [0.1, 0.15) is 5.82 Å². The third-order valence-corrected chi connectivity index (χ3v) is 6.30. The minimum atomic E-state index is -0.0663. The number of carbonyl (C=O) groups is 1. The Labute approximate surface area is 191 Å². The van der Waals surface area contributed by atoms with E-state index < -0.39 is 0 Å². The Morgan fingerprint density at radius 2 is 2.09 bits per heavy atom. The Balaban J connectivity index is 1.29. The van der Waals surface area contributed by atoms with Crippen molar-refractivity contribution in [3.8, 4) is 11.4 Å². The molecule has 32 heavy (non-hydrogen) atoms. The predicted octanol–water partition coefficient (Wildman–Crippen LogP) is 5.02. The first-order chi connectivity index (χ1) is 15.6. The van der Waals surface area contributed by atoms with E-state index in [-0.39, 0.29) is 5.91 Å². The lowest BCUT2D eigenvalue weighted by Crippen LogP contribution is -2.15. The highest BCUT2D eigenvalue weighted by atomic mass is 32.1. The summed E-state index contributed by atoms with van der Waals surface area (Å²) in [5.74, 6) is 1.83. The molecular formula is C24H26N6OS. The molecule has 0 bridgehead atoms. The summed E-state index contributed by atoms with van der Waals surface area (Å²) in [6, 6.07) is 14.1. The number of carbonyl (C=O) groups excluding carboxylic acids is 1. The molecule has 7 nitrogen and oxygen atoms in total. The van der Waals surface area contributed by atoms with Crippen LogP contribution in [0.5, 0.6) is 0 Å². The van der Waals surface area contributed by atoms with Gasteiger partial charge in [-0.25, -0.2) is 4.98 Å². The van der Waals surface area contributed by atoms with Gasteiger partial charge in [-0.15, -0.1) is 0 Å². The molecule has 2 aromatic heterocycles. The fourth-order valence-electron chi connectivity index (χ4n) is 4.39.